The summed E-state index contributed by atoms with van der Waals surface area (Å²) < 4.78 is 8.00. The van der Waals surface area contributed by atoms with E-state index in [0.29, 0.717) is 33.3 Å². The summed E-state index contributed by atoms with van der Waals surface area (Å²) in [6.45, 7) is 1.95. The normalized spacial score (nSPS) is 11.2. The molecule has 2 N–H and O–H groups in total. The molecule has 7 nitrogen and oxygen atoms in total. The Morgan fingerprint density at radius 3 is 2.69 bits per heavy atom. The first-order chi connectivity index (χ1) is 16.9. The van der Waals surface area contributed by atoms with Gasteiger partial charge >= 0.3 is 0 Å². The fraction of sp³-hybridized carbons (Fsp3) is 0.115. The molecular formula is C26H21BrN4O3S. The second-order valence-electron chi connectivity index (χ2n) is 7.95. The van der Waals surface area contributed by atoms with Crippen molar-refractivity contribution in [2.45, 2.75) is 12.1 Å². The van der Waals surface area contributed by atoms with Crippen LogP contribution in [0.15, 0.2) is 81.2 Å². The lowest BCUT2D eigenvalue weighted by molar-refractivity contribution is -0.113. The molecule has 0 fully saturated rings. The zero-order valence-electron chi connectivity index (χ0n) is 19.0. The smallest absolute Gasteiger partial charge is 0.283 e. The highest BCUT2D eigenvalue weighted by Crippen LogP contribution is 2.30. The second-order valence-corrected chi connectivity index (χ2v) is 9.81. The number of fused-ring (bicyclic) bond motifs is 3. The fourth-order valence-electron chi connectivity index (χ4n) is 3.89. The van der Waals surface area contributed by atoms with E-state index < -0.39 is 0 Å². The molecule has 0 saturated heterocycles. The molecule has 9 heteroatoms. The maximum Gasteiger partial charge on any atom is 0.283 e. The van der Waals surface area contributed by atoms with Crippen LogP contribution >= 0.6 is 27.7 Å². The summed E-state index contributed by atoms with van der Waals surface area (Å²) in [6, 6.07) is 20.6. The number of anilines is 1. The van der Waals surface area contributed by atoms with Gasteiger partial charge in [-0.05, 0) is 55.0 Å². The number of aryl methyl sites for hydroxylation is 1. The number of benzene rings is 3. The van der Waals surface area contributed by atoms with Crippen LogP contribution in [0.1, 0.15) is 5.56 Å². The quantitative estimate of drug-likeness (QED) is 0.210. The van der Waals surface area contributed by atoms with Crippen molar-refractivity contribution in [2.24, 2.45) is 0 Å². The van der Waals surface area contributed by atoms with Crippen LogP contribution in [-0.4, -0.2) is 33.3 Å². The number of halogens is 1. The number of thioether (sulfide) groups is 1. The minimum absolute atomic E-state index is 0.0739. The minimum Gasteiger partial charge on any atom is -0.495 e. The largest absolute Gasteiger partial charge is 0.495 e. The van der Waals surface area contributed by atoms with Crippen molar-refractivity contribution in [3.63, 3.8) is 0 Å². The Morgan fingerprint density at radius 2 is 1.91 bits per heavy atom. The number of aromatic amines is 1. The number of rotatable bonds is 6. The highest BCUT2D eigenvalue weighted by Gasteiger charge is 2.20. The Bertz CT molecular complexity index is 1630. The third kappa shape index (κ3) is 4.56. The van der Waals surface area contributed by atoms with Crippen LogP contribution < -0.4 is 15.6 Å². The van der Waals surface area contributed by atoms with E-state index in [1.54, 1.807) is 7.11 Å². The van der Waals surface area contributed by atoms with Gasteiger partial charge in [0.05, 0.1) is 18.6 Å². The molecule has 0 spiro atoms. The van der Waals surface area contributed by atoms with Gasteiger partial charge in [0.25, 0.3) is 5.56 Å². The molecule has 0 atom stereocenters. The lowest BCUT2D eigenvalue weighted by atomic mass is 10.2. The molecule has 0 bridgehead atoms. The van der Waals surface area contributed by atoms with Crippen molar-refractivity contribution in [1.29, 1.82) is 0 Å². The minimum atomic E-state index is -0.258. The van der Waals surface area contributed by atoms with Crippen molar-refractivity contribution < 1.29 is 9.53 Å². The lowest BCUT2D eigenvalue weighted by Gasteiger charge is -2.15. The topological polar surface area (TPSA) is 89.0 Å². The monoisotopic (exact) mass is 548 g/mol. The number of methoxy groups -OCH3 is 1. The number of nitrogens with zero attached hydrogens (tertiary/aromatic N) is 2. The third-order valence-electron chi connectivity index (χ3n) is 5.53. The van der Waals surface area contributed by atoms with Gasteiger partial charge in [-0.25, -0.2) is 9.55 Å². The van der Waals surface area contributed by atoms with Gasteiger partial charge in [0, 0.05) is 21.1 Å². The summed E-state index contributed by atoms with van der Waals surface area (Å²) in [6.07, 6.45) is 0. The molecule has 0 unspecified atom stereocenters. The summed E-state index contributed by atoms with van der Waals surface area (Å²) in [5, 5.41) is 4.14. The molecule has 5 rings (SSSR count). The Hall–Kier alpha value is -3.56. The zero-order valence-corrected chi connectivity index (χ0v) is 21.4. The standard InChI is InChI=1S/C26H21BrN4O3S/c1-15-7-12-21(34-2)20(13-15)31-25(33)24-23(18-5-3-4-6-19(18)29-24)30-26(31)35-14-22(32)28-17-10-8-16(27)9-11-17/h3-13,29H,14H2,1-2H3,(H,28,32). The molecule has 0 aliphatic heterocycles. The van der Waals surface area contributed by atoms with Crippen molar-refractivity contribution in [3.8, 4) is 11.4 Å². The number of para-hydroxylation sites is 1. The number of nitrogens with one attached hydrogen (secondary N) is 2. The van der Waals surface area contributed by atoms with Gasteiger partial charge in [0.15, 0.2) is 5.16 Å². The highest BCUT2D eigenvalue weighted by atomic mass is 79.9. The van der Waals surface area contributed by atoms with Crippen LogP contribution in [0.3, 0.4) is 0 Å². The number of aromatic nitrogens is 3. The van der Waals surface area contributed by atoms with Gasteiger partial charge in [-0.2, -0.15) is 0 Å². The van der Waals surface area contributed by atoms with E-state index in [0.717, 1.165) is 20.9 Å². The van der Waals surface area contributed by atoms with E-state index in [9.17, 15) is 9.59 Å². The van der Waals surface area contributed by atoms with Crippen LogP contribution in [0.25, 0.3) is 27.6 Å². The molecule has 0 radical (unpaired) electrons. The van der Waals surface area contributed by atoms with E-state index in [4.69, 9.17) is 9.72 Å². The fourth-order valence-corrected chi connectivity index (χ4v) is 4.95. The first-order valence-corrected chi connectivity index (χ1v) is 12.6. The third-order valence-corrected chi connectivity index (χ3v) is 7.00. The van der Waals surface area contributed by atoms with Gasteiger partial charge in [0.1, 0.15) is 16.8 Å². The number of carbonyl (C=O) groups is 1. The molecule has 5 aromatic rings. The van der Waals surface area contributed by atoms with Crippen LogP contribution in [0, 0.1) is 6.92 Å². The predicted molar refractivity (Wildman–Crippen MR) is 144 cm³/mol. The van der Waals surface area contributed by atoms with Crippen LogP contribution in [0.5, 0.6) is 5.75 Å². The van der Waals surface area contributed by atoms with Crippen molar-refractivity contribution >= 4 is 61.2 Å². The molecule has 2 heterocycles. The Balaban J connectivity index is 1.60. The van der Waals surface area contributed by atoms with Gasteiger partial charge < -0.3 is 15.0 Å². The number of amides is 1. The molecule has 0 aliphatic rings. The average molecular weight is 549 g/mol. The first kappa shape index (κ1) is 23.2. The first-order valence-electron chi connectivity index (χ1n) is 10.8. The SMILES string of the molecule is COc1ccc(C)cc1-n1c(SCC(=O)Nc2ccc(Br)cc2)nc2c([nH]c3ccccc32)c1=O. The number of hydrogen-bond donors (Lipinski definition) is 2. The van der Waals surface area contributed by atoms with E-state index in [1.165, 1.54) is 16.3 Å². The summed E-state index contributed by atoms with van der Waals surface area (Å²) in [4.78, 5) is 34.6. The van der Waals surface area contributed by atoms with E-state index in [-0.39, 0.29) is 17.2 Å². The molecule has 1 amide bonds. The molecular weight excluding hydrogens is 528 g/mol. The van der Waals surface area contributed by atoms with Crippen molar-refractivity contribution in [3.05, 3.63) is 87.1 Å². The van der Waals surface area contributed by atoms with Crippen LogP contribution in [-0.2, 0) is 4.79 Å². The number of hydrogen-bond acceptors (Lipinski definition) is 5. The Kier molecular flexibility index (Phi) is 6.36. The van der Waals surface area contributed by atoms with Gasteiger partial charge in [-0.3, -0.25) is 9.59 Å². The molecule has 0 saturated carbocycles. The van der Waals surface area contributed by atoms with Crippen LogP contribution in [0.4, 0.5) is 5.69 Å². The maximum atomic E-state index is 13.8. The van der Waals surface area contributed by atoms with Crippen molar-refractivity contribution in [2.75, 3.05) is 18.2 Å². The Labute approximate surface area is 213 Å². The summed E-state index contributed by atoms with van der Waals surface area (Å²) in [5.41, 5.74) is 3.77. The van der Waals surface area contributed by atoms with Gasteiger partial charge in [-0.15, -0.1) is 0 Å². The molecule has 3 aromatic carbocycles. The predicted octanol–water partition coefficient (Wildman–Crippen LogP) is 5.68. The summed E-state index contributed by atoms with van der Waals surface area (Å²) >= 11 is 4.59. The van der Waals surface area contributed by atoms with Gasteiger partial charge in [0.2, 0.25) is 5.91 Å². The average Bonchev–Trinajstić information content (AvgIpc) is 3.23. The number of ether oxygens (including phenoxy) is 1. The molecule has 35 heavy (non-hydrogen) atoms. The molecule has 176 valence electrons. The van der Waals surface area contributed by atoms with Crippen LogP contribution in [0.2, 0.25) is 0 Å². The highest BCUT2D eigenvalue weighted by molar-refractivity contribution is 9.10. The second kappa shape index (κ2) is 9.59. The zero-order chi connectivity index (χ0) is 24.5. The van der Waals surface area contributed by atoms with Gasteiger partial charge in [-0.1, -0.05) is 52.0 Å². The maximum absolute atomic E-state index is 13.8. The molecule has 2 aromatic heterocycles. The van der Waals surface area contributed by atoms with E-state index in [1.807, 2.05) is 73.7 Å². The Morgan fingerprint density at radius 1 is 1.14 bits per heavy atom. The number of H-pyrrole nitrogens is 1. The summed E-state index contributed by atoms with van der Waals surface area (Å²) in [5.74, 6) is 0.411. The van der Waals surface area contributed by atoms with Crippen molar-refractivity contribution in [1.82, 2.24) is 14.5 Å². The molecule has 0 aliphatic carbocycles. The van der Waals surface area contributed by atoms with E-state index in [2.05, 4.69) is 26.2 Å². The summed E-state index contributed by atoms with van der Waals surface area (Å²) in [7, 11) is 1.56. The van der Waals surface area contributed by atoms with E-state index >= 15 is 0 Å². The number of carbonyl (C=O) groups excluding carboxylic acids is 1. The lowest BCUT2D eigenvalue weighted by Crippen LogP contribution is -2.23.